The van der Waals surface area contributed by atoms with Crippen LogP contribution in [0.2, 0.25) is 0 Å². The second-order valence-electron chi connectivity index (χ2n) is 8.05. The predicted molar refractivity (Wildman–Crippen MR) is 107 cm³/mol. The van der Waals surface area contributed by atoms with Gasteiger partial charge in [-0.2, -0.15) is 0 Å². The van der Waals surface area contributed by atoms with Gasteiger partial charge in [-0.3, -0.25) is 4.79 Å². The Labute approximate surface area is 165 Å². The molecule has 1 aliphatic heterocycles. The third-order valence-electron chi connectivity index (χ3n) is 5.84. The largest absolute Gasteiger partial charge is 0.486 e. The first-order valence-corrected chi connectivity index (χ1v) is 10.3. The molecule has 0 bridgehead atoms. The summed E-state index contributed by atoms with van der Waals surface area (Å²) in [6, 6.07) is 14.4. The smallest absolute Gasteiger partial charge is 0.251 e. The van der Waals surface area contributed by atoms with Crippen LogP contribution in [0.4, 0.5) is 0 Å². The highest BCUT2D eigenvalue weighted by Crippen LogP contribution is 2.41. The zero-order chi connectivity index (χ0) is 18.9. The number of hydrogen-bond acceptors (Lipinski definition) is 4. The van der Waals surface area contributed by atoms with E-state index in [0.717, 1.165) is 23.0 Å². The molecule has 2 aromatic carbocycles. The van der Waals surface area contributed by atoms with Crippen molar-refractivity contribution in [3.63, 3.8) is 0 Å². The number of nitrogens with one attached hydrogen (secondary N) is 2. The van der Waals surface area contributed by atoms with Crippen LogP contribution in [0.5, 0.6) is 11.5 Å². The number of fused-ring (bicyclic) bond motifs is 1. The lowest BCUT2D eigenvalue weighted by Gasteiger charge is -2.21. The van der Waals surface area contributed by atoms with E-state index < -0.39 is 0 Å². The van der Waals surface area contributed by atoms with Crippen LogP contribution >= 0.6 is 0 Å². The maximum Gasteiger partial charge on any atom is 0.251 e. The monoisotopic (exact) mass is 378 g/mol. The van der Waals surface area contributed by atoms with E-state index in [1.54, 1.807) is 0 Å². The lowest BCUT2D eigenvalue weighted by molar-refractivity contribution is 0.0950. The van der Waals surface area contributed by atoms with Gasteiger partial charge in [-0.1, -0.05) is 24.3 Å². The molecule has 2 fully saturated rings. The van der Waals surface area contributed by atoms with Crippen molar-refractivity contribution < 1.29 is 14.3 Å². The van der Waals surface area contributed by atoms with Gasteiger partial charge in [0.05, 0.1) is 0 Å². The summed E-state index contributed by atoms with van der Waals surface area (Å²) < 4.78 is 11.3. The first kappa shape index (κ1) is 17.6. The molecule has 2 N–H and O–H groups in total. The van der Waals surface area contributed by atoms with Crippen LogP contribution in [0.15, 0.2) is 42.5 Å². The van der Waals surface area contributed by atoms with E-state index >= 15 is 0 Å². The van der Waals surface area contributed by atoms with Crippen molar-refractivity contribution in [1.82, 2.24) is 10.6 Å². The second-order valence-corrected chi connectivity index (χ2v) is 8.05. The van der Waals surface area contributed by atoms with Crippen molar-refractivity contribution in [2.45, 2.75) is 37.8 Å². The maximum absolute atomic E-state index is 12.5. The molecule has 5 nitrogen and oxygen atoms in total. The van der Waals surface area contributed by atoms with Crippen molar-refractivity contribution in [1.29, 1.82) is 0 Å². The molecule has 2 aromatic rings. The molecule has 5 heteroatoms. The molecule has 1 heterocycles. The Morgan fingerprint density at radius 3 is 2.68 bits per heavy atom. The normalized spacial score (nSPS) is 22.6. The Hall–Kier alpha value is -2.53. The van der Waals surface area contributed by atoms with Crippen molar-refractivity contribution in [3.8, 4) is 11.5 Å². The average molecular weight is 378 g/mol. The van der Waals surface area contributed by atoms with E-state index in [-0.39, 0.29) is 5.91 Å². The molecule has 0 saturated heterocycles. The minimum atomic E-state index is -0.0694. The molecule has 0 radical (unpaired) electrons. The zero-order valence-electron chi connectivity index (χ0n) is 15.9. The van der Waals surface area contributed by atoms with Gasteiger partial charge in [0.15, 0.2) is 11.5 Å². The van der Waals surface area contributed by atoms with E-state index in [1.165, 1.54) is 31.4 Å². The maximum atomic E-state index is 12.5. The summed E-state index contributed by atoms with van der Waals surface area (Å²) in [5.74, 6) is 2.93. The molecule has 2 atom stereocenters. The summed E-state index contributed by atoms with van der Waals surface area (Å²) >= 11 is 0. The molecule has 0 unspecified atom stereocenters. The number of carbonyl (C=O) groups excluding carboxylic acids is 1. The van der Waals surface area contributed by atoms with E-state index in [4.69, 9.17) is 9.47 Å². The summed E-state index contributed by atoms with van der Waals surface area (Å²) in [6.07, 6.45) is 3.98. The lowest BCUT2D eigenvalue weighted by Crippen LogP contribution is -2.24. The topological polar surface area (TPSA) is 59.6 Å². The first-order chi connectivity index (χ1) is 13.8. The zero-order valence-corrected chi connectivity index (χ0v) is 15.9. The standard InChI is InChI=1S/C23H26N2O3/c26-23(25-14-18-2-1-3-21-22(18)28-11-10-27-21)17-8-6-16(7-9-17)19-12-20(19)24-13-15-4-5-15/h1-3,6-9,15,19-20,24H,4-5,10-14H2,(H,25,26)/t19-,20+/m0/s1. The molecule has 0 aromatic heterocycles. The molecule has 1 amide bonds. The number of carbonyl (C=O) groups is 1. The number of ether oxygens (including phenoxy) is 2. The van der Waals surface area contributed by atoms with E-state index in [0.29, 0.717) is 37.3 Å². The van der Waals surface area contributed by atoms with Gasteiger partial charge in [-0.15, -0.1) is 0 Å². The van der Waals surface area contributed by atoms with Crippen LogP contribution in [-0.4, -0.2) is 31.7 Å². The van der Waals surface area contributed by atoms with Gasteiger partial charge in [0.1, 0.15) is 13.2 Å². The van der Waals surface area contributed by atoms with Crippen LogP contribution < -0.4 is 20.1 Å². The molecule has 0 spiro atoms. The Bertz CT molecular complexity index is 861. The minimum Gasteiger partial charge on any atom is -0.486 e. The molecular formula is C23H26N2O3. The highest BCUT2D eigenvalue weighted by atomic mass is 16.6. The minimum absolute atomic E-state index is 0.0694. The van der Waals surface area contributed by atoms with Crippen molar-refractivity contribution >= 4 is 5.91 Å². The van der Waals surface area contributed by atoms with Gasteiger partial charge < -0.3 is 20.1 Å². The highest BCUT2D eigenvalue weighted by molar-refractivity contribution is 5.94. The van der Waals surface area contributed by atoms with Gasteiger partial charge in [-0.05, 0) is 55.5 Å². The van der Waals surface area contributed by atoms with Crippen molar-refractivity contribution in [3.05, 3.63) is 59.2 Å². The molecule has 3 aliphatic rings. The van der Waals surface area contributed by atoms with Gasteiger partial charge >= 0.3 is 0 Å². The van der Waals surface area contributed by atoms with Gasteiger partial charge in [0.25, 0.3) is 5.91 Å². The Morgan fingerprint density at radius 1 is 1.04 bits per heavy atom. The molecule has 146 valence electrons. The predicted octanol–water partition coefficient (Wildman–Crippen LogP) is 3.24. The van der Waals surface area contributed by atoms with Crippen molar-refractivity contribution in [2.24, 2.45) is 5.92 Å². The fraction of sp³-hybridized carbons (Fsp3) is 0.435. The van der Waals surface area contributed by atoms with Gasteiger partial charge in [0, 0.05) is 29.6 Å². The summed E-state index contributed by atoms with van der Waals surface area (Å²) in [6.45, 7) is 2.69. The van der Waals surface area contributed by atoms with Crippen LogP contribution in [0.3, 0.4) is 0 Å². The number of para-hydroxylation sites is 1. The van der Waals surface area contributed by atoms with Crippen LogP contribution in [-0.2, 0) is 6.54 Å². The highest BCUT2D eigenvalue weighted by Gasteiger charge is 2.38. The molecule has 2 saturated carbocycles. The second kappa shape index (κ2) is 7.47. The van der Waals surface area contributed by atoms with E-state index in [1.807, 2.05) is 30.3 Å². The van der Waals surface area contributed by atoms with Crippen LogP contribution in [0, 0.1) is 5.92 Å². The van der Waals surface area contributed by atoms with Gasteiger partial charge in [-0.25, -0.2) is 0 Å². The van der Waals surface area contributed by atoms with E-state index in [2.05, 4.69) is 22.8 Å². The van der Waals surface area contributed by atoms with Crippen LogP contribution in [0.25, 0.3) is 0 Å². The number of amides is 1. The molecule has 2 aliphatic carbocycles. The molecule has 5 rings (SSSR count). The third-order valence-corrected chi connectivity index (χ3v) is 5.84. The van der Waals surface area contributed by atoms with Crippen molar-refractivity contribution in [2.75, 3.05) is 19.8 Å². The number of hydrogen-bond donors (Lipinski definition) is 2. The summed E-state index contributed by atoms with van der Waals surface area (Å²) in [5, 5.41) is 6.66. The summed E-state index contributed by atoms with van der Waals surface area (Å²) in [4.78, 5) is 12.5. The lowest BCUT2D eigenvalue weighted by atomic mass is 10.1. The fourth-order valence-electron chi connectivity index (χ4n) is 3.86. The molecular weight excluding hydrogens is 352 g/mol. The van der Waals surface area contributed by atoms with Crippen LogP contribution in [0.1, 0.15) is 46.7 Å². The molecule has 28 heavy (non-hydrogen) atoms. The average Bonchev–Trinajstić information content (AvgIpc) is 3.65. The quantitative estimate of drug-likeness (QED) is 0.777. The third kappa shape index (κ3) is 3.85. The Morgan fingerprint density at radius 2 is 1.86 bits per heavy atom. The summed E-state index contributed by atoms with van der Waals surface area (Å²) in [5.41, 5.74) is 2.95. The van der Waals surface area contributed by atoms with Gasteiger partial charge in [0.2, 0.25) is 0 Å². The SMILES string of the molecule is O=C(NCc1cccc2c1OCCO2)c1ccc([C@@H]2C[C@H]2NCC2CC2)cc1. The van der Waals surface area contributed by atoms with E-state index in [9.17, 15) is 4.79 Å². The Kier molecular flexibility index (Phi) is 4.69. The number of benzene rings is 2. The number of rotatable bonds is 7. The first-order valence-electron chi connectivity index (χ1n) is 10.3. The summed E-state index contributed by atoms with van der Waals surface area (Å²) in [7, 11) is 0. The Balaban J connectivity index is 1.16. The fourth-order valence-corrected chi connectivity index (χ4v) is 3.86.